The standard InChI is InChI=1S/C15H16F6O4/c16-13(17,11(22)23)15(20,21)14(18,19)12(24)25-10-8-2-6-1-7(4-8)5-9(10)3-6/h6-10H,1-5H2,(H,22,23). The molecular weight excluding hydrogens is 358 g/mol. The van der Waals surface area contributed by atoms with E-state index in [0.29, 0.717) is 37.5 Å². The Kier molecular flexibility index (Phi) is 4.03. The van der Waals surface area contributed by atoms with Crippen LogP contribution in [0.15, 0.2) is 0 Å². The lowest BCUT2D eigenvalue weighted by molar-refractivity contribution is -0.303. The summed E-state index contributed by atoms with van der Waals surface area (Å²) in [4.78, 5) is 21.8. The van der Waals surface area contributed by atoms with Gasteiger partial charge in [-0.25, -0.2) is 9.59 Å². The van der Waals surface area contributed by atoms with Crippen LogP contribution >= 0.6 is 0 Å². The van der Waals surface area contributed by atoms with E-state index in [1.54, 1.807) is 0 Å². The number of aliphatic carboxylic acids is 1. The molecule has 0 spiro atoms. The first kappa shape index (κ1) is 18.3. The zero-order valence-corrected chi connectivity index (χ0v) is 12.9. The van der Waals surface area contributed by atoms with Crippen LogP contribution in [0.1, 0.15) is 32.1 Å². The van der Waals surface area contributed by atoms with E-state index in [-0.39, 0.29) is 11.8 Å². The van der Waals surface area contributed by atoms with E-state index in [9.17, 15) is 35.9 Å². The van der Waals surface area contributed by atoms with Gasteiger partial charge in [0.2, 0.25) is 0 Å². The van der Waals surface area contributed by atoms with Gasteiger partial charge in [0.25, 0.3) is 0 Å². The molecule has 10 heteroatoms. The molecule has 0 atom stereocenters. The molecule has 25 heavy (non-hydrogen) atoms. The maximum absolute atomic E-state index is 13.7. The quantitative estimate of drug-likeness (QED) is 0.592. The first-order chi connectivity index (χ1) is 11.4. The number of alkyl halides is 6. The molecule has 1 N–H and O–H groups in total. The van der Waals surface area contributed by atoms with E-state index in [4.69, 9.17) is 5.11 Å². The highest BCUT2D eigenvalue weighted by atomic mass is 19.3. The minimum absolute atomic E-state index is 0.246. The van der Waals surface area contributed by atoms with E-state index in [0.717, 1.165) is 6.42 Å². The Hall–Kier alpha value is -1.48. The van der Waals surface area contributed by atoms with Crippen LogP contribution in [-0.4, -0.2) is 40.9 Å². The zero-order chi connectivity index (χ0) is 18.8. The lowest BCUT2D eigenvalue weighted by atomic mass is 9.55. The Morgan fingerprint density at radius 3 is 1.64 bits per heavy atom. The van der Waals surface area contributed by atoms with Gasteiger partial charge in [0, 0.05) is 0 Å². The highest BCUT2D eigenvalue weighted by Crippen LogP contribution is 2.55. The molecule has 4 aliphatic rings. The smallest absolute Gasteiger partial charge is 0.411 e. The highest BCUT2D eigenvalue weighted by Gasteiger charge is 2.79. The molecule has 0 aromatic rings. The van der Waals surface area contributed by atoms with Crippen molar-refractivity contribution in [2.75, 3.05) is 0 Å². The van der Waals surface area contributed by atoms with Crippen LogP contribution in [0.2, 0.25) is 0 Å². The van der Waals surface area contributed by atoms with Gasteiger partial charge in [-0.1, -0.05) is 0 Å². The molecule has 0 radical (unpaired) electrons. The summed E-state index contributed by atoms with van der Waals surface area (Å²) in [5.41, 5.74) is 0. The Labute approximate surface area is 138 Å². The minimum atomic E-state index is -6.41. The summed E-state index contributed by atoms with van der Waals surface area (Å²) in [6, 6.07) is 0. The molecule has 0 aliphatic heterocycles. The largest absolute Gasteiger partial charge is 0.477 e. The minimum Gasteiger partial charge on any atom is -0.477 e. The fourth-order valence-corrected chi connectivity index (χ4v) is 4.72. The average Bonchev–Trinajstić information content (AvgIpc) is 2.49. The first-order valence-electron chi connectivity index (χ1n) is 7.95. The summed E-state index contributed by atoms with van der Waals surface area (Å²) in [6.07, 6.45) is 2.49. The van der Waals surface area contributed by atoms with Crippen LogP contribution in [0.4, 0.5) is 26.3 Å². The van der Waals surface area contributed by atoms with Gasteiger partial charge in [-0.15, -0.1) is 0 Å². The summed E-state index contributed by atoms with van der Waals surface area (Å²) in [6.45, 7) is 0. The number of hydrogen-bond donors (Lipinski definition) is 1. The van der Waals surface area contributed by atoms with Crippen LogP contribution < -0.4 is 0 Å². The van der Waals surface area contributed by atoms with Gasteiger partial charge >= 0.3 is 29.7 Å². The number of halogens is 6. The normalized spacial score (nSPS) is 34.9. The molecule has 0 saturated heterocycles. The number of carbonyl (C=O) groups excluding carboxylic acids is 1. The average molecular weight is 374 g/mol. The SMILES string of the molecule is O=C(O)C(F)(F)C(F)(F)C(F)(F)C(=O)OC1C2CC3CC(C2)CC1C3. The Morgan fingerprint density at radius 2 is 1.24 bits per heavy atom. The van der Waals surface area contributed by atoms with Crippen molar-refractivity contribution >= 4 is 11.9 Å². The molecule has 4 nitrogen and oxygen atoms in total. The second kappa shape index (κ2) is 5.51. The van der Waals surface area contributed by atoms with E-state index >= 15 is 0 Å². The fraction of sp³-hybridized carbons (Fsp3) is 0.867. The summed E-state index contributed by atoms with van der Waals surface area (Å²) >= 11 is 0. The second-order valence-electron chi connectivity index (χ2n) is 7.33. The highest BCUT2D eigenvalue weighted by molar-refractivity contribution is 5.84. The predicted molar refractivity (Wildman–Crippen MR) is 69.4 cm³/mol. The van der Waals surface area contributed by atoms with Crippen molar-refractivity contribution in [3.8, 4) is 0 Å². The number of carbonyl (C=O) groups is 2. The summed E-state index contributed by atoms with van der Waals surface area (Å²) in [5.74, 6) is -24.4. The topological polar surface area (TPSA) is 63.6 Å². The van der Waals surface area contributed by atoms with Crippen molar-refractivity contribution in [3.05, 3.63) is 0 Å². The zero-order valence-electron chi connectivity index (χ0n) is 12.9. The van der Waals surface area contributed by atoms with Gasteiger partial charge in [-0.2, -0.15) is 26.3 Å². The molecule has 0 aromatic heterocycles. The molecule has 4 saturated carbocycles. The van der Waals surface area contributed by atoms with Crippen molar-refractivity contribution in [1.82, 2.24) is 0 Å². The Morgan fingerprint density at radius 1 is 0.800 bits per heavy atom. The lowest BCUT2D eigenvalue weighted by Crippen LogP contribution is -2.62. The second-order valence-corrected chi connectivity index (χ2v) is 7.33. The molecule has 4 fully saturated rings. The third-order valence-corrected chi connectivity index (χ3v) is 5.70. The lowest BCUT2D eigenvalue weighted by Gasteiger charge is -2.53. The molecule has 4 bridgehead atoms. The summed E-state index contributed by atoms with van der Waals surface area (Å²) < 4.78 is 84.8. The van der Waals surface area contributed by atoms with E-state index < -0.39 is 35.8 Å². The van der Waals surface area contributed by atoms with Gasteiger partial charge in [0.15, 0.2) is 0 Å². The van der Waals surface area contributed by atoms with Gasteiger partial charge in [0.1, 0.15) is 6.10 Å². The summed E-state index contributed by atoms with van der Waals surface area (Å²) in [7, 11) is 0. The fourth-order valence-electron chi connectivity index (χ4n) is 4.72. The van der Waals surface area contributed by atoms with Gasteiger partial charge in [0.05, 0.1) is 0 Å². The van der Waals surface area contributed by atoms with Crippen molar-refractivity contribution in [2.24, 2.45) is 23.7 Å². The molecule has 4 rings (SSSR count). The van der Waals surface area contributed by atoms with Crippen LogP contribution in [0.3, 0.4) is 0 Å². The van der Waals surface area contributed by atoms with Crippen molar-refractivity contribution in [2.45, 2.75) is 56.0 Å². The summed E-state index contributed by atoms with van der Waals surface area (Å²) in [5, 5.41) is 8.09. The monoisotopic (exact) mass is 374 g/mol. The molecule has 0 heterocycles. The molecule has 0 aromatic carbocycles. The van der Waals surface area contributed by atoms with Crippen LogP contribution in [0, 0.1) is 23.7 Å². The number of esters is 1. The molecule has 142 valence electrons. The molecule has 4 aliphatic carbocycles. The number of carboxylic acid groups (broad SMARTS) is 1. The molecular formula is C15H16F6O4. The number of ether oxygens (including phenoxy) is 1. The van der Waals surface area contributed by atoms with Crippen molar-refractivity contribution in [3.63, 3.8) is 0 Å². The molecule has 0 amide bonds. The van der Waals surface area contributed by atoms with Crippen molar-refractivity contribution in [1.29, 1.82) is 0 Å². The maximum Gasteiger partial charge on any atom is 0.411 e. The van der Waals surface area contributed by atoms with Crippen LogP contribution in [0.25, 0.3) is 0 Å². The number of hydrogen-bond acceptors (Lipinski definition) is 3. The maximum atomic E-state index is 13.7. The third kappa shape index (κ3) is 2.59. The number of carboxylic acids is 1. The Bertz CT molecular complexity index is 563. The number of rotatable bonds is 5. The first-order valence-corrected chi connectivity index (χ1v) is 7.95. The van der Waals surface area contributed by atoms with E-state index in [2.05, 4.69) is 4.74 Å². The van der Waals surface area contributed by atoms with Crippen LogP contribution in [0.5, 0.6) is 0 Å². The third-order valence-electron chi connectivity index (χ3n) is 5.70. The van der Waals surface area contributed by atoms with Gasteiger partial charge in [-0.3, -0.25) is 0 Å². The van der Waals surface area contributed by atoms with E-state index in [1.807, 2.05) is 0 Å². The van der Waals surface area contributed by atoms with E-state index in [1.165, 1.54) is 0 Å². The van der Waals surface area contributed by atoms with Gasteiger partial charge in [-0.05, 0) is 55.8 Å². The molecule has 0 unspecified atom stereocenters. The van der Waals surface area contributed by atoms with Crippen molar-refractivity contribution < 1.29 is 45.8 Å². The predicted octanol–water partition coefficient (Wildman–Crippen LogP) is 3.34. The van der Waals surface area contributed by atoms with Gasteiger partial charge < -0.3 is 9.84 Å². The van der Waals surface area contributed by atoms with Crippen LogP contribution in [-0.2, 0) is 14.3 Å². The Balaban J connectivity index is 1.77.